The van der Waals surface area contributed by atoms with E-state index in [2.05, 4.69) is 27.4 Å². The Morgan fingerprint density at radius 1 is 1.15 bits per heavy atom. The first-order valence-electron chi connectivity index (χ1n) is 9.10. The summed E-state index contributed by atoms with van der Waals surface area (Å²) in [5.41, 5.74) is 1.88. The van der Waals surface area contributed by atoms with Crippen LogP contribution in [-0.2, 0) is 6.54 Å². The van der Waals surface area contributed by atoms with Gasteiger partial charge in [-0.05, 0) is 12.0 Å². The molecule has 1 aromatic carbocycles. The molecule has 2 saturated heterocycles. The Kier molecular flexibility index (Phi) is 6.29. The molecular formula is C19H26ClN5O. The van der Waals surface area contributed by atoms with Crippen molar-refractivity contribution in [1.82, 2.24) is 24.9 Å². The Morgan fingerprint density at radius 3 is 2.69 bits per heavy atom. The van der Waals surface area contributed by atoms with Crippen molar-refractivity contribution in [3.63, 3.8) is 0 Å². The topological polar surface area (TPSA) is 53.4 Å². The molecule has 1 unspecified atom stereocenters. The summed E-state index contributed by atoms with van der Waals surface area (Å²) in [4.78, 5) is 17.3. The average molecular weight is 376 g/mol. The molecule has 0 radical (unpaired) electrons. The maximum absolute atomic E-state index is 12.8. The fraction of sp³-hybridized carbons (Fsp3) is 0.474. The molecule has 2 aliphatic heterocycles. The second kappa shape index (κ2) is 8.66. The Hall–Kier alpha value is -1.89. The zero-order chi connectivity index (χ0) is 17.1. The number of piperazine rings is 1. The summed E-state index contributed by atoms with van der Waals surface area (Å²) < 4.78 is 1.84. The van der Waals surface area contributed by atoms with Crippen molar-refractivity contribution in [1.29, 1.82) is 0 Å². The predicted molar refractivity (Wildman–Crippen MR) is 104 cm³/mol. The monoisotopic (exact) mass is 375 g/mol. The van der Waals surface area contributed by atoms with Gasteiger partial charge in [0.1, 0.15) is 0 Å². The number of benzene rings is 1. The van der Waals surface area contributed by atoms with Crippen LogP contribution in [0.4, 0.5) is 0 Å². The average Bonchev–Trinajstić information content (AvgIpc) is 3.33. The van der Waals surface area contributed by atoms with Gasteiger partial charge in [0.25, 0.3) is 5.91 Å². The highest BCUT2D eigenvalue weighted by Gasteiger charge is 2.31. The largest absolute Gasteiger partial charge is 0.337 e. The highest BCUT2D eigenvalue weighted by atomic mass is 35.5. The molecular weight excluding hydrogens is 350 g/mol. The van der Waals surface area contributed by atoms with Gasteiger partial charge in [-0.3, -0.25) is 14.4 Å². The molecule has 0 aliphatic carbocycles. The van der Waals surface area contributed by atoms with Crippen molar-refractivity contribution in [3.05, 3.63) is 53.9 Å². The highest BCUT2D eigenvalue weighted by molar-refractivity contribution is 5.94. The summed E-state index contributed by atoms with van der Waals surface area (Å²) in [6.07, 6.45) is 4.64. The lowest BCUT2D eigenvalue weighted by molar-refractivity contribution is 0.0773. The Labute approximate surface area is 160 Å². The first-order chi connectivity index (χ1) is 12.3. The molecule has 1 amide bonds. The van der Waals surface area contributed by atoms with Crippen molar-refractivity contribution in [2.24, 2.45) is 0 Å². The summed E-state index contributed by atoms with van der Waals surface area (Å²) >= 11 is 0. The van der Waals surface area contributed by atoms with E-state index in [1.54, 1.807) is 6.20 Å². The molecule has 7 heteroatoms. The second-order valence-corrected chi connectivity index (χ2v) is 6.89. The van der Waals surface area contributed by atoms with Crippen molar-refractivity contribution >= 4 is 18.3 Å². The van der Waals surface area contributed by atoms with Crippen LogP contribution in [0.3, 0.4) is 0 Å². The van der Waals surface area contributed by atoms with Crippen LogP contribution in [0.2, 0.25) is 0 Å². The molecule has 26 heavy (non-hydrogen) atoms. The molecule has 0 saturated carbocycles. The number of hydrogen-bond donors (Lipinski definition) is 1. The smallest absolute Gasteiger partial charge is 0.257 e. The molecule has 3 heterocycles. The van der Waals surface area contributed by atoms with Crippen LogP contribution in [0.25, 0.3) is 0 Å². The third-order valence-electron chi connectivity index (χ3n) is 5.19. The molecule has 2 aliphatic rings. The van der Waals surface area contributed by atoms with Crippen molar-refractivity contribution < 1.29 is 4.79 Å². The number of likely N-dealkylation sites (tertiary alicyclic amines) is 1. The van der Waals surface area contributed by atoms with Crippen molar-refractivity contribution in [2.45, 2.75) is 19.0 Å². The zero-order valence-corrected chi connectivity index (χ0v) is 15.7. The number of aromatic nitrogens is 2. The number of hydrogen-bond acceptors (Lipinski definition) is 4. The molecule has 1 aromatic heterocycles. The summed E-state index contributed by atoms with van der Waals surface area (Å²) in [7, 11) is 0. The van der Waals surface area contributed by atoms with Crippen LogP contribution in [0.1, 0.15) is 22.3 Å². The lowest BCUT2D eigenvalue weighted by atomic mass is 10.2. The molecule has 4 rings (SSSR count). The van der Waals surface area contributed by atoms with E-state index in [9.17, 15) is 4.79 Å². The van der Waals surface area contributed by atoms with E-state index in [1.165, 1.54) is 5.56 Å². The molecule has 2 fully saturated rings. The molecule has 2 aromatic rings. The van der Waals surface area contributed by atoms with Gasteiger partial charge in [0.05, 0.1) is 18.3 Å². The maximum atomic E-state index is 12.8. The predicted octanol–water partition coefficient (Wildman–Crippen LogP) is 1.47. The minimum Gasteiger partial charge on any atom is -0.337 e. The molecule has 1 atom stereocenters. The van der Waals surface area contributed by atoms with E-state index in [4.69, 9.17) is 0 Å². The summed E-state index contributed by atoms with van der Waals surface area (Å²) in [6.45, 7) is 6.65. The van der Waals surface area contributed by atoms with E-state index < -0.39 is 0 Å². The number of rotatable bonds is 4. The van der Waals surface area contributed by atoms with Crippen LogP contribution in [0, 0.1) is 0 Å². The fourth-order valence-corrected chi connectivity index (χ4v) is 3.79. The van der Waals surface area contributed by atoms with Gasteiger partial charge in [-0.2, -0.15) is 5.10 Å². The van der Waals surface area contributed by atoms with Crippen molar-refractivity contribution in [2.75, 3.05) is 39.3 Å². The summed E-state index contributed by atoms with van der Waals surface area (Å²) in [5, 5.41) is 7.75. The number of carbonyl (C=O) groups excluding carboxylic acids is 1. The lowest BCUT2D eigenvalue weighted by Gasteiger charge is -2.32. The summed E-state index contributed by atoms with van der Waals surface area (Å²) in [6, 6.07) is 10.7. The van der Waals surface area contributed by atoms with Gasteiger partial charge in [0, 0.05) is 51.5 Å². The number of nitrogens with zero attached hydrogens (tertiary/aromatic N) is 4. The van der Waals surface area contributed by atoms with Crippen LogP contribution in [-0.4, -0.2) is 70.8 Å². The number of halogens is 1. The SMILES string of the molecule is Cl.O=C(c1cnn(Cc2ccccc2)c1)N1CCC(N2CCNCC2)C1. The second-order valence-electron chi connectivity index (χ2n) is 6.89. The van der Waals surface area contributed by atoms with Gasteiger partial charge >= 0.3 is 0 Å². The number of carbonyl (C=O) groups is 1. The summed E-state index contributed by atoms with van der Waals surface area (Å²) in [5.74, 6) is 0.108. The molecule has 140 valence electrons. The quantitative estimate of drug-likeness (QED) is 0.879. The minimum atomic E-state index is 0. The van der Waals surface area contributed by atoms with E-state index in [-0.39, 0.29) is 18.3 Å². The van der Waals surface area contributed by atoms with Gasteiger partial charge in [0.2, 0.25) is 0 Å². The van der Waals surface area contributed by atoms with E-state index in [1.807, 2.05) is 34.0 Å². The third-order valence-corrected chi connectivity index (χ3v) is 5.19. The molecule has 0 bridgehead atoms. The van der Waals surface area contributed by atoms with Crippen molar-refractivity contribution in [3.8, 4) is 0 Å². The fourth-order valence-electron chi connectivity index (χ4n) is 3.79. The normalized spacial score (nSPS) is 20.8. The van der Waals surface area contributed by atoms with Gasteiger partial charge in [-0.15, -0.1) is 12.4 Å². The Morgan fingerprint density at radius 2 is 1.92 bits per heavy atom. The van der Waals surface area contributed by atoms with Gasteiger partial charge in [-0.25, -0.2) is 0 Å². The van der Waals surface area contributed by atoms with E-state index in [0.717, 1.165) is 45.7 Å². The van der Waals surface area contributed by atoms with E-state index in [0.29, 0.717) is 18.2 Å². The van der Waals surface area contributed by atoms with Crippen LogP contribution >= 0.6 is 12.4 Å². The first-order valence-corrected chi connectivity index (χ1v) is 9.10. The van der Waals surface area contributed by atoms with Gasteiger partial charge in [-0.1, -0.05) is 30.3 Å². The van der Waals surface area contributed by atoms with Gasteiger partial charge < -0.3 is 10.2 Å². The lowest BCUT2D eigenvalue weighted by Crippen LogP contribution is -2.49. The number of nitrogens with one attached hydrogen (secondary N) is 1. The molecule has 1 N–H and O–H groups in total. The number of amides is 1. The maximum Gasteiger partial charge on any atom is 0.257 e. The Bertz CT molecular complexity index is 714. The van der Waals surface area contributed by atoms with Crippen LogP contribution in [0.5, 0.6) is 0 Å². The van der Waals surface area contributed by atoms with Gasteiger partial charge in [0.15, 0.2) is 0 Å². The Balaban J connectivity index is 0.00000196. The van der Waals surface area contributed by atoms with E-state index >= 15 is 0 Å². The standard InChI is InChI=1S/C19H25N5O.ClH/c25-19(23-9-6-18(15-23)22-10-7-20-8-11-22)17-12-21-24(14-17)13-16-4-2-1-3-5-16;/h1-5,12,14,18,20H,6-11,13,15H2;1H. The zero-order valence-electron chi connectivity index (χ0n) is 14.9. The van der Waals surface area contributed by atoms with Crippen LogP contribution < -0.4 is 5.32 Å². The van der Waals surface area contributed by atoms with Crippen LogP contribution in [0.15, 0.2) is 42.7 Å². The third kappa shape index (κ3) is 4.26. The molecule has 6 nitrogen and oxygen atoms in total. The molecule has 0 spiro atoms. The minimum absolute atomic E-state index is 0. The first kappa shape index (κ1) is 18.9. The highest BCUT2D eigenvalue weighted by Crippen LogP contribution is 2.18.